The average molecular weight is 299 g/mol. The zero-order valence-corrected chi connectivity index (χ0v) is 12.2. The summed E-state index contributed by atoms with van der Waals surface area (Å²) < 4.78 is 10.1. The van der Waals surface area contributed by atoms with Crippen LogP contribution in [0.25, 0.3) is 6.08 Å². The highest BCUT2D eigenvalue weighted by atomic mass is 16.5. The Labute approximate surface area is 128 Å². The molecule has 1 aromatic carbocycles. The van der Waals surface area contributed by atoms with Gasteiger partial charge in [-0.1, -0.05) is 30.3 Å². The van der Waals surface area contributed by atoms with Gasteiger partial charge >= 0.3 is 5.97 Å². The van der Waals surface area contributed by atoms with Gasteiger partial charge in [-0.2, -0.15) is 0 Å². The van der Waals surface area contributed by atoms with Gasteiger partial charge in [-0.3, -0.25) is 4.79 Å². The van der Waals surface area contributed by atoms with Crippen molar-refractivity contribution in [2.75, 3.05) is 0 Å². The zero-order chi connectivity index (χ0) is 15.8. The van der Waals surface area contributed by atoms with Crippen molar-refractivity contribution in [3.63, 3.8) is 0 Å². The summed E-state index contributed by atoms with van der Waals surface area (Å²) in [6.45, 7) is 1.78. The van der Waals surface area contributed by atoms with Crippen LogP contribution in [0.3, 0.4) is 0 Å². The van der Waals surface area contributed by atoms with Crippen LogP contribution in [-0.2, 0) is 20.9 Å². The first-order valence-electron chi connectivity index (χ1n) is 6.89. The lowest BCUT2D eigenvalue weighted by Gasteiger charge is -2.11. The van der Waals surface area contributed by atoms with E-state index in [1.165, 1.54) is 19.3 Å². The largest absolute Gasteiger partial charge is 0.467 e. The molecule has 0 saturated heterocycles. The summed E-state index contributed by atoms with van der Waals surface area (Å²) >= 11 is 0. The second-order valence-electron chi connectivity index (χ2n) is 4.62. The molecular weight excluding hydrogens is 282 g/mol. The van der Waals surface area contributed by atoms with E-state index in [4.69, 9.17) is 9.15 Å². The number of carbonyl (C=O) groups is 2. The first-order valence-corrected chi connectivity index (χ1v) is 6.89. The smallest absolute Gasteiger partial charge is 0.331 e. The Balaban J connectivity index is 1.78. The Kier molecular flexibility index (Phi) is 5.54. The van der Waals surface area contributed by atoms with Gasteiger partial charge < -0.3 is 14.5 Å². The number of hydrogen-bond donors (Lipinski definition) is 1. The lowest BCUT2D eigenvalue weighted by Crippen LogP contribution is -2.35. The lowest BCUT2D eigenvalue weighted by molar-refractivity contribution is -0.150. The van der Waals surface area contributed by atoms with Crippen LogP contribution in [0.4, 0.5) is 0 Å². The molecule has 22 heavy (non-hydrogen) atoms. The Bertz CT molecular complexity index is 632. The van der Waals surface area contributed by atoms with E-state index in [2.05, 4.69) is 5.32 Å². The quantitative estimate of drug-likeness (QED) is 0.657. The fourth-order valence-corrected chi connectivity index (χ4v) is 1.73. The summed E-state index contributed by atoms with van der Waals surface area (Å²) in [5.41, 5.74) is 0.884. The number of benzene rings is 1. The van der Waals surface area contributed by atoms with Crippen molar-refractivity contribution in [3.05, 3.63) is 66.1 Å². The second-order valence-corrected chi connectivity index (χ2v) is 4.62. The second kappa shape index (κ2) is 7.83. The summed E-state index contributed by atoms with van der Waals surface area (Å²) in [6, 6.07) is 12.8. The van der Waals surface area contributed by atoms with Crippen molar-refractivity contribution in [2.24, 2.45) is 0 Å². The first kappa shape index (κ1) is 15.6. The number of rotatable bonds is 6. The fraction of sp³-hybridized carbons (Fsp3) is 0.176. The predicted octanol–water partition coefficient (Wildman–Crippen LogP) is 2.54. The Morgan fingerprint density at radius 1 is 1.23 bits per heavy atom. The fourth-order valence-electron chi connectivity index (χ4n) is 1.73. The normalized spacial score (nSPS) is 12.0. The maximum absolute atomic E-state index is 11.8. The molecule has 1 amide bonds. The van der Waals surface area contributed by atoms with Gasteiger partial charge in [-0.15, -0.1) is 0 Å². The topological polar surface area (TPSA) is 68.5 Å². The van der Waals surface area contributed by atoms with Crippen molar-refractivity contribution < 1.29 is 18.7 Å². The monoisotopic (exact) mass is 299 g/mol. The van der Waals surface area contributed by atoms with E-state index in [9.17, 15) is 9.59 Å². The predicted molar refractivity (Wildman–Crippen MR) is 81.6 cm³/mol. The molecule has 114 valence electrons. The van der Waals surface area contributed by atoms with Gasteiger partial charge in [0.25, 0.3) is 5.91 Å². The summed E-state index contributed by atoms with van der Waals surface area (Å²) in [5, 5.41) is 2.63. The highest BCUT2D eigenvalue weighted by Crippen LogP contribution is 2.03. The summed E-state index contributed by atoms with van der Waals surface area (Å²) in [5.74, 6) is -0.307. The van der Waals surface area contributed by atoms with Gasteiger partial charge in [0.15, 0.2) is 6.10 Å². The van der Waals surface area contributed by atoms with E-state index in [0.29, 0.717) is 5.76 Å². The van der Waals surface area contributed by atoms with Gasteiger partial charge in [0.2, 0.25) is 0 Å². The van der Waals surface area contributed by atoms with E-state index < -0.39 is 12.1 Å². The molecule has 0 radical (unpaired) electrons. The van der Waals surface area contributed by atoms with Crippen molar-refractivity contribution in [1.82, 2.24) is 5.32 Å². The molecule has 0 aliphatic carbocycles. The molecule has 0 aliphatic rings. The third kappa shape index (κ3) is 4.94. The SMILES string of the molecule is C[C@@H](OC(=O)/C=C/c1ccccc1)C(=O)NCc1ccco1. The molecule has 1 heterocycles. The highest BCUT2D eigenvalue weighted by Gasteiger charge is 2.16. The van der Waals surface area contributed by atoms with Crippen LogP contribution in [0.2, 0.25) is 0 Å². The summed E-state index contributed by atoms with van der Waals surface area (Å²) in [6.07, 6.45) is 3.59. The van der Waals surface area contributed by atoms with Gasteiger partial charge in [0.05, 0.1) is 12.8 Å². The van der Waals surface area contributed by atoms with Gasteiger partial charge in [-0.25, -0.2) is 4.79 Å². The summed E-state index contributed by atoms with van der Waals surface area (Å²) in [4.78, 5) is 23.5. The van der Waals surface area contributed by atoms with Crippen LogP contribution < -0.4 is 5.32 Å². The van der Waals surface area contributed by atoms with Crippen LogP contribution in [0.5, 0.6) is 0 Å². The molecule has 1 aromatic heterocycles. The molecule has 0 bridgehead atoms. The number of esters is 1. The molecule has 2 aromatic rings. The Hall–Kier alpha value is -2.82. The van der Waals surface area contributed by atoms with Crippen molar-refractivity contribution in [3.8, 4) is 0 Å². The lowest BCUT2D eigenvalue weighted by atomic mass is 10.2. The molecule has 1 atom stereocenters. The molecule has 0 aliphatic heterocycles. The van der Waals surface area contributed by atoms with E-state index in [1.54, 1.807) is 18.2 Å². The molecule has 0 saturated carbocycles. The van der Waals surface area contributed by atoms with Crippen LogP contribution in [0.1, 0.15) is 18.2 Å². The average Bonchev–Trinajstić information content (AvgIpc) is 3.05. The van der Waals surface area contributed by atoms with Crippen molar-refractivity contribution in [2.45, 2.75) is 19.6 Å². The van der Waals surface area contributed by atoms with E-state index in [-0.39, 0.29) is 12.5 Å². The molecule has 5 nitrogen and oxygen atoms in total. The molecular formula is C17H17NO4. The van der Waals surface area contributed by atoms with Crippen LogP contribution in [0, 0.1) is 0 Å². The molecule has 0 unspecified atom stereocenters. The third-order valence-electron chi connectivity index (χ3n) is 2.89. The number of amides is 1. The molecule has 1 N–H and O–H groups in total. The Morgan fingerprint density at radius 3 is 2.68 bits per heavy atom. The van der Waals surface area contributed by atoms with Crippen molar-refractivity contribution in [1.29, 1.82) is 0 Å². The van der Waals surface area contributed by atoms with Crippen LogP contribution >= 0.6 is 0 Å². The zero-order valence-electron chi connectivity index (χ0n) is 12.2. The minimum atomic E-state index is -0.872. The first-order chi connectivity index (χ1) is 10.6. The molecule has 0 spiro atoms. The Morgan fingerprint density at radius 2 is 2.00 bits per heavy atom. The number of nitrogens with one attached hydrogen (secondary N) is 1. The molecule has 2 rings (SSSR count). The van der Waals surface area contributed by atoms with E-state index in [0.717, 1.165) is 5.56 Å². The standard InChI is InChI=1S/C17H17NO4/c1-13(17(20)18-12-15-8-5-11-21-15)22-16(19)10-9-14-6-3-2-4-7-14/h2-11,13H,12H2,1H3,(H,18,20)/b10-9+/t13-/m1/s1. The van der Waals surface area contributed by atoms with Gasteiger partial charge in [0, 0.05) is 6.08 Å². The third-order valence-corrected chi connectivity index (χ3v) is 2.89. The number of carbonyl (C=O) groups excluding carboxylic acids is 2. The maximum Gasteiger partial charge on any atom is 0.331 e. The minimum absolute atomic E-state index is 0.258. The summed E-state index contributed by atoms with van der Waals surface area (Å²) in [7, 11) is 0. The highest BCUT2D eigenvalue weighted by molar-refractivity contribution is 5.90. The van der Waals surface area contributed by atoms with E-state index in [1.807, 2.05) is 30.3 Å². The molecule has 0 fully saturated rings. The van der Waals surface area contributed by atoms with Crippen LogP contribution in [0.15, 0.2) is 59.2 Å². The van der Waals surface area contributed by atoms with E-state index >= 15 is 0 Å². The van der Waals surface area contributed by atoms with Gasteiger partial charge in [-0.05, 0) is 30.7 Å². The molecule has 5 heteroatoms. The number of furan rings is 1. The minimum Gasteiger partial charge on any atom is -0.467 e. The van der Waals surface area contributed by atoms with Gasteiger partial charge in [0.1, 0.15) is 5.76 Å². The number of hydrogen-bond acceptors (Lipinski definition) is 4. The maximum atomic E-state index is 11.8. The van der Waals surface area contributed by atoms with Crippen LogP contribution in [-0.4, -0.2) is 18.0 Å². The van der Waals surface area contributed by atoms with Crippen molar-refractivity contribution >= 4 is 18.0 Å². The number of ether oxygens (including phenoxy) is 1.